The van der Waals surface area contributed by atoms with Crippen molar-refractivity contribution in [1.29, 1.82) is 0 Å². The van der Waals surface area contributed by atoms with E-state index in [1.807, 2.05) is 6.07 Å². The molecular weight excluding hydrogens is 332 g/mol. The Bertz CT molecular complexity index is 334. The molecule has 0 heterocycles. The van der Waals surface area contributed by atoms with Crippen molar-refractivity contribution in [2.24, 2.45) is 0 Å². The molecule has 0 aromatic heterocycles. The molecule has 0 N–H and O–H groups in total. The lowest BCUT2D eigenvalue weighted by molar-refractivity contribution is 0.00399. The van der Waals surface area contributed by atoms with E-state index in [-0.39, 0.29) is 6.10 Å². The molecular formula is C13H16Br2O. The predicted octanol–water partition coefficient (Wildman–Crippen LogP) is 4.84. The van der Waals surface area contributed by atoms with Crippen LogP contribution in [0.15, 0.2) is 28.7 Å². The minimum atomic E-state index is 0.165. The second-order valence-electron chi connectivity index (χ2n) is 4.21. The van der Waals surface area contributed by atoms with Crippen molar-refractivity contribution >= 4 is 31.9 Å². The van der Waals surface area contributed by atoms with Gasteiger partial charge in [0.25, 0.3) is 0 Å². The number of hydrogen-bond acceptors (Lipinski definition) is 1. The van der Waals surface area contributed by atoms with Crippen molar-refractivity contribution in [2.75, 3.05) is 5.33 Å². The van der Waals surface area contributed by atoms with E-state index in [0.717, 1.165) is 9.80 Å². The van der Waals surface area contributed by atoms with Gasteiger partial charge < -0.3 is 4.74 Å². The average molecular weight is 348 g/mol. The van der Waals surface area contributed by atoms with E-state index < -0.39 is 0 Å². The van der Waals surface area contributed by atoms with E-state index >= 15 is 0 Å². The lowest BCUT2D eigenvalue weighted by Gasteiger charge is -2.21. The van der Waals surface area contributed by atoms with Crippen LogP contribution in [0.2, 0.25) is 0 Å². The van der Waals surface area contributed by atoms with E-state index in [0.29, 0.717) is 6.10 Å². The summed E-state index contributed by atoms with van der Waals surface area (Å²) in [7, 11) is 0. The Morgan fingerprint density at radius 1 is 1.25 bits per heavy atom. The van der Waals surface area contributed by atoms with Crippen LogP contribution < -0.4 is 0 Å². The van der Waals surface area contributed by atoms with Gasteiger partial charge in [-0.25, -0.2) is 0 Å². The van der Waals surface area contributed by atoms with Crippen LogP contribution in [-0.4, -0.2) is 11.4 Å². The van der Waals surface area contributed by atoms with E-state index in [9.17, 15) is 0 Å². The van der Waals surface area contributed by atoms with Crippen molar-refractivity contribution in [3.05, 3.63) is 34.3 Å². The molecule has 0 aliphatic heterocycles. The van der Waals surface area contributed by atoms with Crippen LogP contribution >= 0.6 is 31.9 Å². The maximum atomic E-state index is 6.15. The summed E-state index contributed by atoms with van der Waals surface area (Å²) >= 11 is 7.13. The summed E-state index contributed by atoms with van der Waals surface area (Å²) in [6.45, 7) is 0. The Hall–Kier alpha value is 0.140. The van der Waals surface area contributed by atoms with Gasteiger partial charge in [-0.15, -0.1) is 0 Å². The fourth-order valence-corrected chi connectivity index (χ4v) is 3.23. The fraction of sp³-hybridized carbons (Fsp3) is 0.538. The average Bonchev–Trinajstić information content (AvgIpc) is 2.80. The molecule has 2 rings (SSSR count). The summed E-state index contributed by atoms with van der Waals surface area (Å²) in [5, 5.41) is 0.853. The molecule has 1 nitrogen and oxygen atoms in total. The van der Waals surface area contributed by atoms with Gasteiger partial charge in [0.15, 0.2) is 0 Å². The standard InChI is InChI=1S/C13H16Br2O/c14-9-13(16-10-5-1-2-6-10)11-7-3-4-8-12(11)15/h3-4,7-8,10,13H,1-2,5-6,9H2. The van der Waals surface area contributed by atoms with Crippen LogP contribution in [-0.2, 0) is 4.74 Å². The first-order valence-electron chi connectivity index (χ1n) is 5.77. The highest BCUT2D eigenvalue weighted by Crippen LogP contribution is 2.32. The topological polar surface area (TPSA) is 9.23 Å². The normalized spacial score (nSPS) is 18.9. The molecule has 0 radical (unpaired) electrons. The molecule has 0 bridgehead atoms. The molecule has 1 fully saturated rings. The Morgan fingerprint density at radius 2 is 1.94 bits per heavy atom. The summed E-state index contributed by atoms with van der Waals surface area (Å²) in [5.74, 6) is 0. The van der Waals surface area contributed by atoms with E-state index in [1.165, 1.54) is 31.2 Å². The Morgan fingerprint density at radius 3 is 2.56 bits per heavy atom. The van der Waals surface area contributed by atoms with Crippen LogP contribution in [0.4, 0.5) is 0 Å². The summed E-state index contributed by atoms with van der Waals surface area (Å²) in [6.07, 6.45) is 5.68. The van der Waals surface area contributed by atoms with Crippen molar-refractivity contribution in [2.45, 2.75) is 37.9 Å². The van der Waals surface area contributed by atoms with E-state index in [2.05, 4.69) is 50.1 Å². The molecule has 1 aromatic rings. The largest absolute Gasteiger partial charge is 0.369 e. The number of halogens is 2. The first-order valence-corrected chi connectivity index (χ1v) is 7.68. The molecule has 0 spiro atoms. The number of ether oxygens (including phenoxy) is 1. The van der Waals surface area contributed by atoms with Gasteiger partial charge in [-0.2, -0.15) is 0 Å². The second kappa shape index (κ2) is 6.18. The Balaban J connectivity index is 2.06. The zero-order valence-corrected chi connectivity index (χ0v) is 12.3. The predicted molar refractivity (Wildman–Crippen MR) is 74.0 cm³/mol. The molecule has 1 unspecified atom stereocenters. The van der Waals surface area contributed by atoms with E-state index in [4.69, 9.17) is 4.74 Å². The third kappa shape index (κ3) is 3.08. The Kier molecular flexibility index (Phi) is 4.86. The van der Waals surface area contributed by atoms with Crippen LogP contribution in [0.25, 0.3) is 0 Å². The molecule has 88 valence electrons. The van der Waals surface area contributed by atoms with E-state index in [1.54, 1.807) is 0 Å². The lowest BCUT2D eigenvalue weighted by Crippen LogP contribution is -2.15. The zero-order chi connectivity index (χ0) is 11.4. The van der Waals surface area contributed by atoms with Crippen molar-refractivity contribution in [3.8, 4) is 0 Å². The zero-order valence-electron chi connectivity index (χ0n) is 9.16. The van der Waals surface area contributed by atoms with Crippen LogP contribution in [0.1, 0.15) is 37.4 Å². The smallest absolute Gasteiger partial charge is 0.0936 e. The molecule has 1 aromatic carbocycles. The third-order valence-corrected chi connectivity index (χ3v) is 4.36. The van der Waals surface area contributed by atoms with Gasteiger partial charge >= 0.3 is 0 Å². The maximum absolute atomic E-state index is 6.15. The van der Waals surface area contributed by atoms with Gasteiger partial charge in [0, 0.05) is 9.80 Å². The SMILES string of the molecule is BrCC(OC1CCCC1)c1ccccc1Br. The van der Waals surface area contributed by atoms with Crippen LogP contribution in [0, 0.1) is 0 Å². The van der Waals surface area contributed by atoms with Gasteiger partial charge in [0.1, 0.15) is 0 Å². The number of benzene rings is 1. The van der Waals surface area contributed by atoms with Gasteiger partial charge in [-0.1, -0.05) is 62.9 Å². The van der Waals surface area contributed by atoms with Crippen LogP contribution in [0.5, 0.6) is 0 Å². The van der Waals surface area contributed by atoms with Crippen molar-refractivity contribution in [3.63, 3.8) is 0 Å². The summed E-state index contributed by atoms with van der Waals surface area (Å²) < 4.78 is 7.29. The Labute approximate surface area is 114 Å². The van der Waals surface area contributed by atoms with Crippen molar-refractivity contribution < 1.29 is 4.74 Å². The quantitative estimate of drug-likeness (QED) is 0.708. The first-order chi connectivity index (χ1) is 7.81. The highest BCUT2D eigenvalue weighted by Gasteiger charge is 2.22. The third-order valence-electron chi connectivity index (χ3n) is 3.05. The first kappa shape index (κ1) is 12.6. The molecule has 1 saturated carbocycles. The van der Waals surface area contributed by atoms with Gasteiger partial charge in [0.2, 0.25) is 0 Å². The molecule has 1 atom stereocenters. The number of alkyl halides is 1. The molecule has 0 saturated heterocycles. The van der Waals surface area contributed by atoms with Crippen LogP contribution in [0.3, 0.4) is 0 Å². The highest BCUT2D eigenvalue weighted by atomic mass is 79.9. The molecule has 16 heavy (non-hydrogen) atoms. The maximum Gasteiger partial charge on any atom is 0.0936 e. The van der Waals surface area contributed by atoms with Gasteiger partial charge in [-0.05, 0) is 24.5 Å². The minimum absolute atomic E-state index is 0.165. The molecule has 1 aliphatic carbocycles. The van der Waals surface area contributed by atoms with Gasteiger partial charge in [-0.3, -0.25) is 0 Å². The van der Waals surface area contributed by atoms with Crippen molar-refractivity contribution in [1.82, 2.24) is 0 Å². The molecule has 1 aliphatic rings. The minimum Gasteiger partial charge on any atom is -0.369 e. The lowest BCUT2D eigenvalue weighted by atomic mass is 10.1. The fourth-order valence-electron chi connectivity index (χ4n) is 2.19. The highest BCUT2D eigenvalue weighted by molar-refractivity contribution is 9.10. The number of hydrogen-bond donors (Lipinski definition) is 0. The number of rotatable bonds is 4. The monoisotopic (exact) mass is 346 g/mol. The molecule has 3 heteroatoms. The summed E-state index contributed by atoms with van der Waals surface area (Å²) in [4.78, 5) is 0. The molecule has 0 amide bonds. The van der Waals surface area contributed by atoms with Gasteiger partial charge in [0.05, 0.1) is 12.2 Å². The summed E-state index contributed by atoms with van der Waals surface area (Å²) in [6, 6.07) is 8.30. The second-order valence-corrected chi connectivity index (χ2v) is 5.71. The summed E-state index contributed by atoms with van der Waals surface area (Å²) in [5.41, 5.74) is 1.24.